The van der Waals surface area contributed by atoms with Crippen LogP contribution in [0.3, 0.4) is 0 Å². The number of hydrogen-bond donors (Lipinski definition) is 1. The molecule has 0 bridgehead atoms. The summed E-state index contributed by atoms with van der Waals surface area (Å²) in [5.74, 6) is 1.73. The van der Waals surface area contributed by atoms with E-state index in [0.717, 1.165) is 5.56 Å². The number of rotatable bonds is 6. The molecule has 1 heterocycles. The fourth-order valence-electron chi connectivity index (χ4n) is 2.65. The summed E-state index contributed by atoms with van der Waals surface area (Å²) >= 11 is 0. The Balaban J connectivity index is 2.21. The van der Waals surface area contributed by atoms with E-state index in [2.05, 4.69) is 0 Å². The van der Waals surface area contributed by atoms with Crippen molar-refractivity contribution in [3.8, 4) is 11.5 Å². The number of sulfone groups is 1. The van der Waals surface area contributed by atoms with Gasteiger partial charge in [-0.05, 0) is 43.9 Å². The maximum Gasteiger partial charge on any atom is 0.161 e. The van der Waals surface area contributed by atoms with Crippen molar-refractivity contribution in [3.05, 3.63) is 23.8 Å². The van der Waals surface area contributed by atoms with Crippen LogP contribution >= 0.6 is 0 Å². The third-order valence-corrected chi connectivity index (χ3v) is 5.52. The minimum atomic E-state index is -2.92. The topological polar surface area (TPSA) is 78.6 Å². The quantitative estimate of drug-likeness (QED) is 0.868. The predicted octanol–water partition coefficient (Wildman–Crippen LogP) is 1.92. The molecule has 1 aromatic carbocycles. The summed E-state index contributed by atoms with van der Waals surface area (Å²) in [6, 6.07) is 5.30. The zero-order valence-corrected chi connectivity index (χ0v) is 13.4. The normalized spacial score (nSPS) is 22.0. The summed E-state index contributed by atoms with van der Waals surface area (Å²) in [6.45, 7) is 4.92. The SMILES string of the molecule is CCOc1ccc(C(N)C2CCS(=O)(=O)C2)cc1OCC. The second kappa shape index (κ2) is 6.66. The molecule has 2 rings (SSSR count). The van der Waals surface area contributed by atoms with Crippen molar-refractivity contribution in [2.45, 2.75) is 26.3 Å². The predicted molar refractivity (Wildman–Crippen MR) is 82.5 cm³/mol. The summed E-state index contributed by atoms with van der Waals surface area (Å²) in [5, 5.41) is 0. The first-order chi connectivity index (χ1) is 9.96. The third kappa shape index (κ3) is 3.89. The lowest BCUT2D eigenvalue weighted by atomic mass is 9.93. The molecule has 118 valence electrons. The van der Waals surface area contributed by atoms with Crippen molar-refractivity contribution in [2.24, 2.45) is 11.7 Å². The van der Waals surface area contributed by atoms with E-state index < -0.39 is 9.84 Å². The van der Waals surface area contributed by atoms with E-state index >= 15 is 0 Å². The Bertz CT molecular complexity index is 585. The van der Waals surface area contributed by atoms with Crippen LogP contribution in [0.25, 0.3) is 0 Å². The molecule has 0 aromatic heterocycles. The molecule has 0 amide bonds. The summed E-state index contributed by atoms with van der Waals surface area (Å²) in [5.41, 5.74) is 7.14. The smallest absolute Gasteiger partial charge is 0.161 e. The van der Waals surface area contributed by atoms with Crippen molar-refractivity contribution in [1.29, 1.82) is 0 Å². The molecule has 1 fully saturated rings. The molecule has 0 aliphatic carbocycles. The molecule has 0 spiro atoms. The van der Waals surface area contributed by atoms with Gasteiger partial charge in [0.25, 0.3) is 0 Å². The van der Waals surface area contributed by atoms with E-state index in [9.17, 15) is 8.42 Å². The van der Waals surface area contributed by atoms with E-state index in [-0.39, 0.29) is 23.5 Å². The van der Waals surface area contributed by atoms with Crippen LogP contribution in [0.4, 0.5) is 0 Å². The molecule has 1 aliphatic heterocycles. The van der Waals surface area contributed by atoms with E-state index in [1.807, 2.05) is 32.0 Å². The molecule has 1 aromatic rings. The Labute approximate surface area is 126 Å². The van der Waals surface area contributed by atoms with E-state index in [1.165, 1.54) is 0 Å². The van der Waals surface area contributed by atoms with Gasteiger partial charge in [0.1, 0.15) is 0 Å². The second-order valence-corrected chi connectivity index (χ2v) is 7.49. The maximum absolute atomic E-state index is 11.6. The molecule has 1 aliphatic rings. The van der Waals surface area contributed by atoms with Gasteiger partial charge in [0, 0.05) is 6.04 Å². The van der Waals surface area contributed by atoms with Crippen LogP contribution < -0.4 is 15.2 Å². The third-order valence-electron chi connectivity index (χ3n) is 3.73. The van der Waals surface area contributed by atoms with Crippen LogP contribution in [0, 0.1) is 5.92 Å². The van der Waals surface area contributed by atoms with E-state index in [0.29, 0.717) is 31.1 Å². The summed E-state index contributed by atoms with van der Waals surface area (Å²) < 4.78 is 34.3. The highest BCUT2D eigenvalue weighted by atomic mass is 32.2. The van der Waals surface area contributed by atoms with Crippen LogP contribution in [0.15, 0.2) is 18.2 Å². The van der Waals surface area contributed by atoms with Crippen molar-refractivity contribution in [2.75, 3.05) is 24.7 Å². The highest BCUT2D eigenvalue weighted by Crippen LogP contribution is 2.35. The molecule has 0 radical (unpaired) electrons. The maximum atomic E-state index is 11.6. The molecule has 0 saturated carbocycles. The first kappa shape index (κ1) is 16.1. The summed E-state index contributed by atoms with van der Waals surface area (Å²) in [7, 11) is -2.92. The fraction of sp³-hybridized carbons (Fsp3) is 0.600. The molecule has 6 heteroatoms. The first-order valence-corrected chi connectivity index (χ1v) is 9.14. The van der Waals surface area contributed by atoms with Crippen molar-refractivity contribution >= 4 is 9.84 Å². The van der Waals surface area contributed by atoms with Crippen LogP contribution in [0.2, 0.25) is 0 Å². The highest BCUT2D eigenvalue weighted by molar-refractivity contribution is 7.91. The molecular formula is C15H23NO4S. The lowest BCUT2D eigenvalue weighted by Gasteiger charge is -2.20. The lowest BCUT2D eigenvalue weighted by molar-refractivity contribution is 0.287. The van der Waals surface area contributed by atoms with Gasteiger partial charge >= 0.3 is 0 Å². The number of hydrogen-bond acceptors (Lipinski definition) is 5. The van der Waals surface area contributed by atoms with Gasteiger partial charge in [-0.25, -0.2) is 8.42 Å². The average Bonchev–Trinajstić information content (AvgIpc) is 2.81. The summed E-state index contributed by atoms with van der Waals surface area (Å²) in [4.78, 5) is 0. The van der Waals surface area contributed by atoms with Crippen molar-refractivity contribution in [3.63, 3.8) is 0 Å². The molecule has 1 saturated heterocycles. The molecule has 5 nitrogen and oxygen atoms in total. The Morgan fingerprint density at radius 1 is 1.24 bits per heavy atom. The fourth-order valence-corrected chi connectivity index (χ4v) is 4.51. The minimum absolute atomic E-state index is 0.0255. The summed E-state index contributed by atoms with van der Waals surface area (Å²) in [6.07, 6.45) is 0.626. The van der Waals surface area contributed by atoms with Crippen molar-refractivity contribution in [1.82, 2.24) is 0 Å². The Kier molecular flexibility index (Phi) is 5.11. The average molecular weight is 313 g/mol. The van der Waals surface area contributed by atoms with Gasteiger partial charge in [-0.3, -0.25) is 0 Å². The largest absolute Gasteiger partial charge is 0.490 e. The zero-order valence-electron chi connectivity index (χ0n) is 12.5. The molecule has 2 unspecified atom stereocenters. The number of ether oxygens (including phenoxy) is 2. The van der Waals surface area contributed by atoms with E-state index in [1.54, 1.807) is 0 Å². The number of benzene rings is 1. The monoisotopic (exact) mass is 313 g/mol. The van der Waals surface area contributed by atoms with Gasteiger partial charge in [0.15, 0.2) is 21.3 Å². The van der Waals surface area contributed by atoms with Gasteiger partial charge in [-0.1, -0.05) is 6.07 Å². The molecular weight excluding hydrogens is 290 g/mol. The van der Waals surface area contributed by atoms with Gasteiger partial charge < -0.3 is 15.2 Å². The molecule has 2 atom stereocenters. The number of nitrogens with two attached hydrogens (primary N) is 1. The minimum Gasteiger partial charge on any atom is -0.490 e. The molecule has 2 N–H and O–H groups in total. The van der Waals surface area contributed by atoms with Crippen LogP contribution in [0.5, 0.6) is 11.5 Å². The van der Waals surface area contributed by atoms with Crippen molar-refractivity contribution < 1.29 is 17.9 Å². The Morgan fingerprint density at radius 3 is 2.48 bits per heavy atom. The lowest BCUT2D eigenvalue weighted by Crippen LogP contribution is -2.22. The van der Waals surface area contributed by atoms with Crippen LogP contribution in [-0.2, 0) is 9.84 Å². The van der Waals surface area contributed by atoms with Crippen LogP contribution in [0.1, 0.15) is 31.9 Å². The van der Waals surface area contributed by atoms with E-state index in [4.69, 9.17) is 15.2 Å². The second-order valence-electron chi connectivity index (χ2n) is 5.26. The standard InChI is InChI=1S/C15H23NO4S/c1-3-19-13-6-5-11(9-14(13)20-4-2)15(16)12-7-8-21(17,18)10-12/h5-6,9,12,15H,3-4,7-8,10,16H2,1-2H3. The van der Waals surface area contributed by atoms with Crippen LogP contribution in [-0.4, -0.2) is 33.1 Å². The highest BCUT2D eigenvalue weighted by Gasteiger charge is 2.32. The Morgan fingerprint density at radius 2 is 1.90 bits per heavy atom. The van der Waals surface area contributed by atoms with Gasteiger partial charge in [0.2, 0.25) is 0 Å². The molecule has 21 heavy (non-hydrogen) atoms. The van der Waals surface area contributed by atoms with Gasteiger partial charge in [-0.2, -0.15) is 0 Å². The Hall–Kier alpha value is -1.27. The zero-order chi connectivity index (χ0) is 15.5. The first-order valence-electron chi connectivity index (χ1n) is 7.32. The van der Waals surface area contributed by atoms with Gasteiger partial charge in [-0.15, -0.1) is 0 Å². The van der Waals surface area contributed by atoms with Gasteiger partial charge in [0.05, 0.1) is 24.7 Å².